The van der Waals surface area contributed by atoms with E-state index in [-0.39, 0.29) is 29.7 Å². The van der Waals surface area contributed by atoms with Gasteiger partial charge in [0.15, 0.2) is 11.5 Å². The number of carbonyl (C=O) groups excluding carboxylic acids is 2. The number of carbonyl (C=O) groups is 2. The lowest BCUT2D eigenvalue weighted by atomic mass is 10.0. The molecule has 0 aromatic heterocycles. The molecule has 2 rings (SSSR count). The molecule has 1 heterocycles. The third kappa shape index (κ3) is 5.11. The SMILES string of the molecule is COc1ccc(CCN2C[C@@H](C(=O)NC(C)(C)C)CC2=O)cc1OC. The smallest absolute Gasteiger partial charge is 0.225 e. The fraction of sp³-hybridized carbons (Fsp3) is 0.579. The third-order valence-electron chi connectivity index (χ3n) is 4.20. The van der Waals surface area contributed by atoms with Crippen molar-refractivity contribution >= 4 is 11.8 Å². The molecule has 0 aliphatic carbocycles. The largest absolute Gasteiger partial charge is 0.493 e. The summed E-state index contributed by atoms with van der Waals surface area (Å²) >= 11 is 0. The van der Waals surface area contributed by atoms with E-state index in [2.05, 4.69) is 5.32 Å². The van der Waals surface area contributed by atoms with Crippen LogP contribution in [-0.2, 0) is 16.0 Å². The summed E-state index contributed by atoms with van der Waals surface area (Å²) in [5.41, 5.74) is 0.778. The molecule has 0 spiro atoms. The van der Waals surface area contributed by atoms with Crippen LogP contribution in [-0.4, -0.2) is 49.6 Å². The number of hydrogen-bond acceptors (Lipinski definition) is 4. The van der Waals surface area contributed by atoms with E-state index < -0.39 is 0 Å². The van der Waals surface area contributed by atoms with Gasteiger partial charge < -0.3 is 19.7 Å². The van der Waals surface area contributed by atoms with Crippen molar-refractivity contribution in [3.63, 3.8) is 0 Å². The normalized spacial score (nSPS) is 17.6. The number of hydrogen-bond donors (Lipinski definition) is 1. The van der Waals surface area contributed by atoms with Gasteiger partial charge in [0.1, 0.15) is 0 Å². The number of methoxy groups -OCH3 is 2. The highest BCUT2D eigenvalue weighted by Crippen LogP contribution is 2.28. The first kappa shape index (κ1) is 19.1. The minimum Gasteiger partial charge on any atom is -0.493 e. The number of rotatable bonds is 6. The van der Waals surface area contributed by atoms with E-state index >= 15 is 0 Å². The number of benzene rings is 1. The van der Waals surface area contributed by atoms with Gasteiger partial charge in [-0.3, -0.25) is 9.59 Å². The van der Waals surface area contributed by atoms with Gasteiger partial charge in [-0.25, -0.2) is 0 Å². The van der Waals surface area contributed by atoms with Gasteiger partial charge in [-0.05, 0) is 44.9 Å². The first-order valence-electron chi connectivity index (χ1n) is 8.54. The van der Waals surface area contributed by atoms with Crippen molar-refractivity contribution in [1.29, 1.82) is 0 Å². The average molecular weight is 348 g/mol. The lowest BCUT2D eigenvalue weighted by molar-refractivity contribution is -0.129. The van der Waals surface area contributed by atoms with Gasteiger partial charge >= 0.3 is 0 Å². The molecule has 1 atom stereocenters. The molecule has 1 fully saturated rings. The van der Waals surface area contributed by atoms with Crippen LogP contribution >= 0.6 is 0 Å². The van der Waals surface area contributed by atoms with E-state index in [1.54, 1.807) is 19.1 Å². The Morgan fingerprint density at radius 3 is 2.52 bits per heavy atom. The number of amides is 2. The topological polar surface area (TPSA) is 67.9 Å². The highest BCUT2D eigenvalue weighted by Gasteiger charge is 2.35. The predicted octanol–water partition coefficient (Wildman–Crippen LogP) is 2.01. The fourth-order valence-corrected chi connectivity index (χ4v) is 2.94. The Morgan fingerprint density at radius 2 is 1.92 bits per heavy atom. The zero-order valence-electron chi connectivity index (χ0n) is 15.7. The highest BCUT2D eigenvalue weighted by molar-refractivity contribution is 5.89. The van der Waals surface area contributed by atoms with Crippen molar-refractivity contribution in [1.82, 2.24) is 10.2 Å². The molecule has 1 aromatic rings. The number of likely N-dealkylation sites (tertiary alicyclic amines) is 1. The molecule has 0 radical (unpaired) electrons. The van der Waals surface area contributed by atoms with Crippen LogP contribution in [0.2, 0.25) is 0 Å². The van der Waals surface area contributed by atoms with E-state index in [1.807, 2.05) is 39.0 Å². The summed E-state index contributed by atoms with van der Waals surface area (Å²) in [5, 5.41) is 2.96. The molecule has 138 valence electrons. The fourth-order valence-electron chi connectivity index (χ4n) is 2.94. The van der Waals surface area contributed by atoms with Crippen molar-refractivity contribution in [2.24, 2.45) is 5.92 Å². The van der Waals surface area contributed by atoms with Crippen LogP contribution in [0.4, 0.5) is 0 Å². The van der Waals surface area contributed by atoms with Gasteiger partial charge in [0.05, 0.1) is 20.1 Å². The van der Waals surface area contributed by atoms with Crippen molar-refractivity contribution in [3.05, 3.63) is 23.8 Å². The summed E-state index contributed by atoms with van der Waals surface area (Å²) in [7, 11) is 3.20. The molecule has 25 heavy (non-hydrogen) atoms. The Bertz CT molecular complexity index is 637. The number of ether oxygens (including phenoxy) is 2. The van der Waals surface area contributed by atoms with E-state index in [0.717, 1.165) is 5.56 Å². The summed E-state index contributed by atoms with van der Waals surface area (Å²) in [6.07, 6.45) is 0.994. The van der Waals surface area contributed by atoms with Gasteiger partial charge in [-0.2, -0.15) is 0 Å². The Balaban J connectivity index is 1.93. The molecule has 0 unspecified atom stereocenters. The quantitative estimate of drug-likeness (QED) is 0.854. The molecule has 1 N–H and O–H groups in total. The minimum atomic E-state index is -0.285. The molecule has 1 aliphatic heterocycles. The van der Waals surface area contributed by atoms with E-state index in [1.165, 1.54) is 0 Å². The summed E-state index contributed by atoms with van der Waals surface area (Å²) in [5.74, 6) is 1.08. The molecule has 2 amide bonds. The maximum Gasteiger partial charge on any atom is 0.225 e. The molecule has 1 aliphatic rings. The van der Waals surface area contributed by atoms with Crippen LogP contribution in [0.3, 0.4) is 0 Å². The van der Waals surface area contributed by atoms with Crippen molar-refractivity contribution < 1.29 is 19.1 Å². The van der Waals surface area contributed by atoms with Crippen LogP contribution < -0.4 is 14.8 Å². The van der Waals surface area contributed by atoms with Gasteiger partial charge in [-0.15, -0.1) is 0 Å². The van der Waals surface area contributed by atoms with Crippen LogP contribution in [0.1, 0.15) is 32.8 Å². The van der Waals surface area contributed by atoms with Crippen LogP contribution in [0, 0.1) is 5.92 Å². The van der Waals surface area contributed by atoms with Crippen molar-refractivity contribution in [2.45, 2.75) is 39.2 Å². The second-order valence-corrected chi connectivity index (χ2v) is 7.42. The first-order chi connectivity index (χ1) is 11.7. The maximum atomic E-state index is 12.3. The minimum absolute atomic E-state index is 0.0366. The summed E-state index contributed by atoms with van der Waals surface area (Å²) in [6.45, 7) is 6.89. The lowest BCUT2D eigenvalue weighted by Crippen LogP contribution is -2.44. The van der Waals surface area contributed by atoms with E-state index in [4.69, 9.17) is 9.47 Å². The summed E-state index contributed by atoms with van der Waals surface area (Å²) in [4.78, 5) is 26.2. The Kier molecular flexibility index (Phi) is 5.93. The lowest BCUT2D eigenvalue weighted by Gasteiger charge is -2.23. The molecule has 0 saturated carbocycles. The first-order valence-corrected chi connectivity index (χ1v) is 8.54. The Hall–Kier alpha value is -2.24. The number of nitrogens with zero attached hydrogens (tertiary/aromatic N) is 1. The second-order valence-electron chi connectivity index (χ2n) is 7.42. The molecular weight excluding hydrogens is 320 g/mol. The van der Waals surface area contributed by atoms with Crippen molar-refractivity contribution in [2.75, 3.05) is 27.3 Å². The standard InChI is InChI=1S/C19H28N2O4/c1-19(2,3)20-18(23)14-11-17(22)21(12-14)9-8-13-6-7-15(24-4)16(10-13)25-5/h6-7,10,14H,8-9,11-12H2,1-5H3,(H,20,23)/t14-/m0/s1. The molecule has 0 bridgehead atoms. The van der Waals surface area contributed by atoms with Gasteiger partial charge in [0, 0.05) is 25.0 Å². The van der Waals surface area contributed by atoms with E-state index in [0.29, 0.717) is 31.0 Å². The monoisotopic (exact) mass is 348 g/mol. The highest BCUT2D eigenvalue weighted by atomic mass is 16.5. The maximum absolute atomic E-state index is 12.3. The summed E-state index contributed by atoms with van der Waals surface area (Å²) in [6, 6.07) is 5.74. The molecule has 6 nitrogen and oxygen atoms in total. The van der Waals surface area contributed by atoms with Crippen LogP contribution in [0.5, 0.6) is 11.5 Å². The van der Waals surface area contributed by atoms with E-state index in [9.17, 15) is 9.59 Å². The van der Waals surface area contributed by atoms with Crippen molar-refractivity contribution in [3.8, 4) is 11.5 Å². The van der Waals surface area contributed by atoms with Crippen LogP contribution in [0.25, 0.3) is 0 Å². The molecule has 6 heteroatoms. The molecule has 1 aromatic carbocycles. The van der Waals surface area contributed by atoms with Crippen LogP contribution in [0.15, 0.2) is 18.2 Å². The van der Waals surface area contributed by atoms with Gasteiger partial charge in [-0.1, -0.05) is 6.07 Å². The predicted molar refractivity (Wildman–Crippen MR) is 95.8 cm³/mol. The zero-order chi connectivity index (χ0) is 18.6. The average Bonchev–Trinajstić information content (AvgIpc) is 2.92. The Morgan fingerprint density at radius 1 is 1.24 bits per heavy atom. The Labute approximate surface area is 149 Å². The third-order valence-corrected chi connectivity index (χ3v) is 4.20. The molecule has 1 saturated heterocycles. The summed E-state index contributed by atoms with van der Waals surface area (Å²) < 4.78 is 10.5. The second kappa shape index (κ2) is 7.76. The zero-order valence-corrected chi connectivity index (χ0v) is 15.7. The van der Waals surface area contributed by atoms with Gasteiger partial charge in [0.2, 0.25) is 11.8 Å². The van der Waals surface area contributed by atoms with Gasteiger partial charge in [0.25, 0.3) is 0 Å². The molecular formula is C19H28N2O4. The number of nitrogens with one attached hydrogen (secondary N) is 1.